The molecule has 1 aliphatic rings. The lowest BCUT2D eigenvalue weighted by Gasteiger charge is -2.32. The van der Waals surface area contributed by atoms with Crippen molar-refractivity contribution in [2.75, 3.05) is 4.90 Å². The highest BCUT2D eigenvalue weighted by Crippen LogP contribution is 2.31. The minimum absolute atomic E-state index is 0.0990. The van der Waals surface area contributed by atoms with Crippen LogP contribution < -0.4 is 10.2 Å². The number of aromatic nitrogens is 1. The highest BCUT2D eigenvalue weighted by atomic mass is 32.1. The number of carbonyl (C=O) groups excluding carboxylic acids is 2. The van der Waals surface area contributed by atoms with Gasteiger partial charge in [0.1, 0.15) is 6.04 Å². The molecule has 6 heteroatoms. The molecule has 3 aromatic rings. The van der Waals surface area contributed by atoms with Gasteiger partial charge in [-0.2, -0.15) is 0 Å². The Balaban J connectivity index is 1.74. The molecule has 0 aliphatic heterocycles. The van der Waals surface area contributed by atoms with Crippen LogP contribution in [-0.4, -0.2) is 22.8 Å². The number of nitrogens with one attached hydrogen (secondary N) is 1. The van der Waals surface area contributed by atoms with Crippen molar-refractivity contribution in [2.45, 2.75) is 64.0 Å². The topological polar surface area (TPSA) is 62.3 Å². The zero-order valence-electron chi connectivity index (χ0n) is 19.2. The van der Waals surface area contributed by atoms with Gasteiger partial charge in [-0.05, 0) is 65.6 Å². The molecule has 0 spiro atoms. The Kier molecular flexibility index (Phi) is 7.55. The van der Waals surface area contributed by atoms with Crippen LogP contribution in [0.3, 0.4) is 0 Å². The van der Waals surface area contributed by atoms with Gasteiger partial charge in [0, 0.05) is 29.0 Å². The van der Waals surface area contributed by atoms with Gasteiger partial charge in [-0.3, -0.25) is 19.5 Å². The van der Waals surface area contributed by atoms with Crippen molar-refractivity contribution in [2.24, 2.45) is 0 Å². The van der Waals surface area contributed by atoms with Crippen LogP contribution >= 0.6 is 11.3 Å². The third kappa shape index (κ3) is 5.69. The van der Waals surface area contributed by atoms with E-state index in [0.29, 0.717) is 5.92 Å². The largest absolute Gasteiger partial charge is 0.351 e. The lowest BCUT2D eigenvalue weighted by atomic mass is 10.0. The van der Waals surface area contributed by atoms with Gasteiger partial charge in [0.2, 0.25) is 11.8 Å². The summed E-state index contributed by atoms with van der Waals surface area (Å²) in [5.74, 6) is 0.148. The quantitative estimate of drug-likeness (QED) is 0.472. The lowest BCUT2D eigenvalue weighted by molar-refractivity contribution is -0.127. The van der Waals surface area contributed by atoms with Gasteiger partial charge < -0.3 is 5.32 Å². The molecule has 2 heterocycles. The molecule has 5 nitrogen and oxygen atoms in total. The van der Waals surface area contributed by atoms with Crippen LogP contribution in [0.15, 0.2) is 66.3 Å². The van der Waals surface area contributed by atoms with E-state index < -0.39 is 6.04 Å². The number of nitrogens with zero attached hydrogens (tertiary/aromatic N) is 2. The van der Waals surface area contributed by atoms with E-state index in [2.05, 4.69) is 24.1 Å². The minimum Gasteiger partial charge on any atom is -0.351 e. The predicted octanol–water partition coefficient (Wildman–Crippen LogP) is 5.64. The van der Waals surface area contributed by atoms with Crippen molar-refractivity contribution in [3.8, 4) is 0 Å². The fourth-order valence-corrected chi connectivity index (χ4v) is 5.11. The second kappa shape index (κ2) is 10.8. The smallest absolute Gasteiger partial charge is 0.248 e. The molecule has 1 saturated carbocycles. The van der Waals surface area contributed by atoms with Crippen molar-refractivity contribution in [1.82, 2.24) is 10.3 Å². The van der Waals surface area contributed by atoms with E-state index in [1.165, 1.54) is 5.56 Å². The van der Waals surface area contributed by atoms with Gasteiger partial charge in [0.15, 0.2) is 0 Å². The van der Waals surface area contributed by atoms with Gasteiger partial charge in [0.05, 0.1) is 6.42 Å². The van der Waals surface area contributed by atoms with Crippen LogP contribution in [0, 0.1) is 0 Å². The Morgan fingerprint density at radius 2 is 1.73 bits per heavy atom. The summed E-state index contributed by atoms with van der Waals surface area (Å²) < 4.78 is 0. The number of carbonyl (C=O) groups is 2. The molecule has 2 amide bonds. The first-order valence-electron chi connectivity index (χ1n) is 11.7. The van der Waals surface area contributed by atoms with Crippen molar-refractivity contribution in [1.29, 1.82) is 0 Å². The van der Waals surface area contributed by atoms with E-state index in [1.807, 2.05) is 53.9 Å². The Hall–Kier alpha value is -2.99. The third-order valence-corrected chi connectivity index (χ3v) is 7.12. The zero-order chi connectivity index (χ0) is 23.2. The van der Waals surface area contributed by atoms with E-state index >= 15 is 0 Å². The summed E-state index contributed by atoms with van der Waals surface area (Å²) >= 11 is 1.55. The number of hydrogen-bond acceptors (Lipinski definition) is 4. The number of hydrogen-bond donors (Lipinski definition) is 1. The first-order chi connectivity index (χ1) is 16.0. The molecule has 2 aromatic heterocycles. The Morgan fingerprint density at radius 1 is 1.03 bits per heavy atom. The van der Waals surface area contributed by atoms with Crippen LogP contribution in [-0.2, 0) is 16.0 Å². The maximum Gasteiger partial charge on any atom is 0.248 e. The van der Waals surface area contributed by atoms with Gasteiger partial charge in [-0.25, -0.2) is 0 Å². The first kappa shape index (κ1) is 23.2. The summed E-state index contributed by atoms with van der Waals surface area (Å²) in [6.45, 7) is 4.28. The second-order valence-electron chi connectivity index (χ2n) is 8.94. The second-order valence-corrected chi connectivity index (χ2v) is 9.97. The van der Waals surface area contributed by atoms with Crippen molar-refractivity contribution in [3.63, 3.8) is 0 Å². The van der Waals surface area contributed by atoms with Crippen LogP contribution in [0.1, 0.15) is 67.5 Å². The predicted molar refractivity (Wildman–Crippen MR) is 133 cm³/mol. The number of thiophene rings is 1. The SMILES string of the molecule is CC(C)c1ccc(N(C(=O)Cc2cccs2)C(C(=O)NC2CCCC2)c2ccncc2)cc1. The highest BCUT2D eigenvalue weighted by molar-refractivity contribution is 7.10. The standard InChI is InChI=1S/C27H31N3O2S/c1-19(2)20-9-11-23(12-10-20)30(25(31)18-24-8-5-17-33-24)26(21-13-15-28-16-14-21)27(32)29-22-6-3-4-7-22/h5,8-17,19,22,26H,3-4,6-7,18H2,1-2H3,(H,29,32). The van der Waals surface area contributed by atoms with Crippen LogP contribution in [0.2, 0.25) is 0 Å². The molecular formula is C27H31N3O2S. The van der Waals surface area contributed by atoms with Gasteiger partial charge in [-0.15, -0.1) is 11.3 Å². The van der Waals surface area contributed by atoms with Crippen molar-refractivity contribution >= 4 is 28.8 Å². The van der Waals surface area contributed by atoms with Crippen molar-refractivity contribution in [3.05, 3.63) is 82.3 Å². The first-order valence-corrected chi connectivity index (χ1v) is 12.6. The molecule has 0 radical (unpaired) electrons. The normalized spacial score (nSPS) is 14.9. The summed E-state index contributed by atoms with van der Waals surface area (Å²) in [6.07, 6.45) is 7.83. The third-order valence-electron chi connectivity index (χ3n) is 6.24. The van der Waals surface area contributed by atoms with E-state index in [0.717, 1.165) is 41.8 Å². The van der Waals surface area contributed by atoms with Crippen LogP contribution in [0.25, 0.3) is 0 Å². The molecule has 1 aromatic carbocycles. The van der Waals surface area contributed by atoms with E-state index in [4.69, 9.17) is 0 Å². The molecule has 1 N–H and O–H groups in total. The monoisotopic (exact) mass is 461 g/mol. The molecular weight excluding hydrogens is 430 g/mol. The molecule has 4 rings (SSSR count). The lowest BCUT2D eigenvalue weighted by Crippen LogP contribution is -2.46. The maximum atomic E-state index is 13.7. The average molecular weight is 462 g/mol. The summed E-state index contributed by atoms with van der Waals surface area (Å²) in [4.78, 5) is 34.2. The number of anilines is 1. The molecule has 0 bridgehead atoms. The molecule has 0 saturated heterocycles. The van der Waals surface area contributed by atoms with E-state index in [-0.39, 0.29) is 24.3 Å². The van der Waals surface area contributed by atoms with Gasteiger partial charge >= 0.3 is 0 Å². The summed E-state index contributed by atoms with van der Waals surface area (Å²) in [5, 5.41) is 5.19. The Labute approximate surface area is 199 Å². The summed E-state index contributed by atoms with van der Waals surface area (Å²) in [7, 11) is 0. The molecule has 1 fully saturated rings. The van der Waals surface area contributed by atoms with E-state index in [1.54, 1.807) is 28.6 Å². The summed E-state index contributed by atoms with van der Waals surface area (Å²) in [5.41, 5.74) is 2.68. The average Bonchev–Trinajstić information content (AvgIpc) is 3.52. The van der Waals surface area contributed by atoms with Gasteiger partial charge in [0.25, 0.3) is 0 Å². The molecule has 1 unspecified atom stereocenters. The molecule has 1 atom stereocenters. The van der Waals surface area contributed by atoms with Crippen molar-refractivity contribution < 1.29 is 9.59 Å². The fraction of sp³-hybridized carbons (Fsp3) is 0.370. The van der Waals surface area contributed by atoms with Crippen LogP contribution in [0.4, 0.5) is 5.69 Å². The maximum absolute atomic E-state index is 13.7. The van der Waals surface area contributed by atoms with Crippen LogP contribution in [0.5, 0.6) is 0 Å². The number of pyridine rings is 1. The number of rotatable bonds is 8. The Morgan fingerprint density at radius 3 is 2.33 bits per heavy atom. The van der Waals surface area contributed by atoms with Gasteiger partial charge in [-0.1, -0.05) is 44.9 Å². The molecule has 1 aliphatic carbocycles. The number of amides is 2. The minimum atomic E-state index is -0.758. The highest BCUT2D eigenvalue weighted by Gasteiger charge is 2.34. The molecule has 172 valence electrons. The fourth-order valence-electron chi connectivity index (χ4n) is 4.42. The van der Waals surface area contributed by atoms with E-state index in [9.17, 15) is 9.59 Å². The molecule has 33 heavy (non-hydrogen) atoms. The number of benzene rings is 1. The Bertz CT molecular complexity index is 1040. The zero-order valence-corrected chi connectivity index (χ0v) is 20.1. The summed E-state index contributed by atoms with van der Waals surface area (Å²) in [6, 6.07) is 15.0.